The van der Waals surface area contributed by atoms with Crippen LogP contribution in [0.5, 0.6) is 5.75 Å². The van der Waals surface area contributed by atoms with Gasteiger partial charge in [0.05, 0.1) is 17.1 Å². The van der Waals surface area contributed by atoms with Crippen molar-refractivity contribution in [1.29, 1.82) is 0 Å². The molecule has 0 aliphatic heterocycles. The van der Waals surface area contributed by atoms with Crippen molar-refractivity contribution in [2.75, 3.05) is 0 Å². The van der Waals surface area contributed by atoms with Gasteiger partial charge in [0.1, 0.15) is 5.75 Å². The lowest BCUT2D eigenvalue weighted by Gasteiger charge is -2.12. The van der Waals surface area contributed by atoms with Crippen molar-refractivity contribution in [2.45, 2.75) is 26.9 Å². The summed E-state index contributed by atoms with van der Waals surface area (Å²) in [6.45, 7) is 9.26. The quantitative estimate of drug-likeness (QED) is 0.578. The molecule has 1 aromatic rings. The van der Waals surface area contributed by atoms with Crippen LogP contribution in [0.1, 0.15) is 26.3 Å². The van der Waals surface area contributed by atoms with Crippen LogP contribution in [-0.2, 0) is 0 Å². The molecule has 0 aliphatic carbocycles. The van der Waals surface area contributed by atoms with Gasteiger partial charge >= 0.3 is 0 Å². The molecule has 1 radical (unpaired) electrons. The lowest BCUT2D eigenvalue weighted by atomic mass is 10.0. The van der Waals surface area contributed by atoms with Crippen LogP contribution >= 0.6 is 0 Å². The fraction of sp³-hybridized carbons (Fsp3) is 0.308. The van der Waals surface area contributed by atoms with Gasteiger partial charge in [-0.25, -0.2) is 0 Å². The first-order valence-electron chi connectivity index (χ1n) is 5.36. The van der Waals surface area contributed by atoms with E-state index in [2.05, 4.69) is 6.58 Å². The molecule has 0 bridgehead atoms. The molecule has 17 heavy (non-hydrogen) atoms. The Balaban J connectivity index is 3.18. The molecule has 0 heterocycles. The van der Waals surface area contributed by atoms with Crippen LogP contribution in [0.4, 0.5) is 5.69 Å². The number of nitro benzene ring substituents is 1. The van der Waals surface area contributed by atoms with E-state index < -0.39 is 4.92 Å². The van der Waals surface area contributed by atoms with Crippen LogP contribution in [0.15, 0.2) is 30.9 Å². The molecule has 4 nitrogen and oxygen atoms in total. The summed E-state index contributed by atoms with van der Waals surface area (Å²) < 4.78 is 5.49. The third-order valence-electron chi connectivity index (χ3n) is 2.24. The number of nitro groups is 1. The summed E-state index contributed by atoms with van der Waals surface area (Å²) in [7, 11) is 0. The third kappa shape index (κ3) is 3.59. The molecule has 0 fully saturated rings. The maximum absolute atomic E-state index is 10.8. The molecule has 4 heteroatoms. The first-order chi connectivity index (χ1) is 7.93. The third-order valence-corrected chi connectivity index (χ3v) is 2.24. The van der Waals surface area contributed by atoms with E-state index in [0.29, 0.717) is 5.75 Å². The summed E-state index contributed by atoms with van der Waals surface area (Å²) in [5.41, 5.74) is 0.782. The van der Waals surface area contributed by atoms with E-state index in [9.17, 15) is 10.1 Å². The Kier molecular flexibility index (Phi) is 4.26. The molecule has 0 spiro atoms. The molecular weight excluding hydrogens is 218 g/mol. The molecule has 0 aliphatic rings. The fourth-order valence-electron chi connectivity index (χ4n) is 1.37. The van der Waals surface area contributed by atoms with Crippen LogP contribution < -0.4 is 4.74 Å². The van der Waals surface area contributed by atoms with Crippen LogP contribution in [0.3, 0.4) is 0 Å². The maximum Gasteiger partial charge on any atom is 0.273 e. The van der Waals surface area contributed by atoms with E-state index in [-0.39, 0.29) is 11.8 Å². The lowest BCUT2D eigenvalue weighted by Crippen LogP contribution is -2.06. The number of allylic oxidation sites excluding steroid dienone is 1. The average molecular weight is 234 g/mol. The minimum atomic E-state index is -0.424. The Labute approximate surface area is 101 Å². The van der Waals surface area contributed by atoms with Crippen molar-refractivity contribution in [3.8, 4) is 5.75 Å². The molecule has 0 saturated carbocycles. The summed E-state index contributed by atoms with van der Waals surface area (Å²) in [5.74, 6) is 1.38. The maximum atomic E-state index is 10.8. The van der Waals surface area contributed by atoms with Gasteiger partial charge in [-0.2, -0.15) is 0 Å². The Bertz CT molecular complexity index is 427. The van der Waals surface area contributed by atoms with Crippen LogP contribution in [0, 0.1) is 16.0 Å². The van der Waals surface area contributed by atoms with Crippen molar-refractivity contribution in [3.05, 3.63) is 52.4 Å². The second-order valence-corrected chi connectivity index (χ2v) is 4.03. The minimum absolute atomic E-state index is 0.0195. The minimum Gasteiger partial charge on any atom is -0.491 e. The van der Waals surface area contributed by atoms with Crippen LogP contribution in [0.25, 0.3) is 0 Å². The standard InChI is InChI=1S/C13H16NO3/c1-5-10(4)11-6-12(14(15)16)8-13(7-11)17-9(2)3/h5-9H,1H2,2-4H3. The molecule has 0 amide bonds. The summed E-state index contributed by atoms with van der Waals surface area (Å²) in [6.07, 6.45) is 1.65. The SMILES string of the molecule is C=C[C](C)c1cc(OC(C)C)cc([N+](=O)[O-])c1. The summed E-state index contributed by atoms with van der Waals surface area (Å²) in [4.78, 5) is 10.4. The topological polar surface area (TPSA) is 52.4 Å². The highest BCUT2D eigenvalue weighted by Gasteiger charge is 2.14. The number of non-ortho nitro benzene ring substituents is 1. The van der Waals surface area contributed by atoms with Crippen LogP contribution in [0.2, 0.25) is 0 Å². The molecule has 0 saturated heterocycles. The van der Waals surface area contributed by atoms with E-state index in [1.807, 2.05) is 20.8 Å². The van der Waals surface area contributed by atoms with Crippen molar-refractivity contribution in [1.82, 2.24) is 0 Å². The first kappa shape index (κ1) is 13.2. The van der Waals surface area contributed by atoms with E-state index in [1.54, 1.807) is 12.1 Å². The molecule has 91 valence electrons. The van der Waals surface area contributed by atoms with Crippen molar-refractivity contribution in [3.63, 3.8) is 0 Å². The number of nitrogens with zero attached hydrogens (tertiary/aromatic N) is 1. The number of ether oxygens (including phenoxy) is 1. The second-order valence-electron chi connectivity index (χ2n) is 4.03. The van der Waals surface area contributed by atoms with Gasteiger partial charge in [-0.3, -0.25) is 10.1 Å². The first-order valence-corrected chi connectivity index (χ1v) is 5.36. The molecule has 1 aromatic carbocycles. The van der Waals surface area contributed by atoms with Gasteiger partial charge in [-0.1, -0.05) is 13.0 Å². The van der Waals surface area contributed by atoms with Gasteiger partial charge in [-0.05, 0) is 25.5 Å². The van der Waals surface area contributed by atoms with Crippen molar-refractivity contribution >= 4 is 5.69 Å². The van der Waals surface area contributed by atoms with Gasteiger partial charge in [0.2, 0.25) is 0 Å². The molecule has 0 aromatic heterocycles. The molecule has 0 unspecified atom stereocenters. The lowest BCUT2D eigenvalue weighted by molar-refractivity contribution is -0.385. The average Bonchev–Trinajstić information content (AvgIpc) is 2.26. The predicted molar refractivity (Wildman–Crippen MR) is 67.1 cm³/mol. The van der Waals surface area contributed by atoms with Gasteiger partial charge < -0.3 is 4.74 Å². The number of rotatable bonds is 5. The van der Waals surface area contributed by atoms with E-state index >= 15 is 0 Å². The number of hydrogen-bond donors (Lipinski definition) is 0. The fourth-order valence-corrected chi connectivity index (χ4v) is 1.37. The Hall–Kier alpha value is -1.84. The van der Waals surface area contributed by atoms with Crippen LogP contribution in [-0.4, -0.2) is 11.0 Å². The summed E-state index contributed by atoms with van der Waals surface area (Å²) in [6, 6.07) is 4.73. The number of hydrogen-bond acceptors (Lipinski definition) is 3. The largest absolute Gasteiger partial charge is 0.491 e. The predicted octanol–water partition coefficient (Wildman–Crippen LogP) is 3.51. The Morgan fingerprint density at radius 2 is 2.12 bits per heavy atom. The monoisotopic (exact) mass is 234 g/mol. The highest BCUT2D eigenvalue weighted by Crippen LogP contribution is 2.28. The zero-order valence-electron chi connectivity index (χ0n) is 10.3. The highest BCUT2D eigenvalue weighted by atomic mass is 16.6. The van der Waals surface area contributed by atoms with Gasteiger partial charge in [-0.15, -0.1) is 6.58 Å². The molecule has 0 atom stereocenters. The Morgan fingerprint density at radius 1 is 1.47 bits per heavy atom. The number of benzene rings is 1. The highest BCUT2D eigenvalue weighted by molar-refractivity contribution is 5.49. The Morgan fingerprint density at radius 3 is 2.59 bits per heavy atom. The zero-order chi connectivity index (χ0) is 13.0. The molecule has 0 N–H and O–H groups in total. The zero-order valence-corrected chi connectivity index (χ0v) is 10.3. The van der Waals surface area contributed by atoms with E-state index in [1.165, 1.54) is 12.1 Å². The molecule has 1 rings (SSSR count). The smallest absolute Gasteiger partial charge is 0.273 e. The second kappa shape index (κ2) is 5.48. The van der Waals surface area contributed by atoms with E-state index in [0.717, 1.165) is 11.5 Å². The molecular formula is C13H16NO3. The van der Waals surface area contributed by atoms with E-state index in [4.69, 9.17) is 4.74 Å². The van der Waals surface area contributed by atoms with Gasteiger partial charge in [0, 0.05) is 12.0 Å². The normalized spacial score (nSPS) is 10.6. The summed E-state index contributed by atoms with van der Waals surface area (Å²) in [5, 5.41) is 10.8. The van der Waals surface area contributed by atoms with Crippen molar-refractivity contribution in [2.24, 2.45) is 0 Å². The van der Waals surface area contributed by atoms with Crippen molar-refractivity contribution < 1.29 is 9.66 Å². The van der Waals surface area contributed by atoms with Gasteiger partial charge in [0.15, 0.2) is 0 Å². The van der Waals surface area contributed by atoms with Gasteiger partial charge in [0.25, 0.3) is 5.69 Å². The summed E-state index contributed by atoms with van der Waals surface area (Å²) >= 11 is 0.